The molecule has 0 radical (unpaired) electrons. The van der Waals surface area contributed by atoms with Gasteiger partial charge in [-0.25, -0.2) is 9.97 Å². The van der Waals surface area contributed by atoms with Crippen molar-refractivity contribution >= 4 is 11.8 Å². The number of morpholine rings is 1. The summed E-state index contributed by atoms with van der Waals surface area (Å²) < 4.78 is 5.36. The van der Waals surface area contributed by atoms with Gasteiger partial charge in [0.25, 0.3) is 5.91 Å². The SMILES string of the molecule is O=C(Cc1ccncc1)NCCc1nc(-c2ccccc2)ncc1C(=O)N1CCOCC1. The fourth-order valence-corrected chi connectivity index (χ4v) is 3.52. The fraction of sp³-hybridized carbons (Fsp3) is 0.292. The predicted octanol–water partition coefficient (Wildman–Crippen LogP) is 1.91. The van der Waals surface area contributed by atoms with Crippen LogP contribution in [-0.2, 0) is 22.4 Å². The fourth-order valence-electron chi connectivity index (χ4n) is 3.52. The zero-order valence-electron chi connectivity index (χ0n) is 17.7. The van der Waals surface area contributed by atoms with E-state index in [2.05, 4.69) is 15.3 Å². The lowest BCUT2D eigenvalue weighted by molar-refractivity contribution is -0.120. The highest BCUT2D eigenvalue weighted by atomic mass is 16.5. The summed E-state index contributed by atoms with van der Waals surface area (Å²) in [4.78, 5) is 40.3. The van der Waals surface area contributed by atoms with E-state index in [1.54, 1.807) is 23.5 Å². The van der Waals surface area contributed by atoms with Crippen LogP contribution in [0.4, 0.5) is 0 Å². The Morgan fingerprint density at radius 1 is 1.03 bits per heavy atom. The van der Waals surface area contributed by atoms with Crippen LogP contribution < -0.4 is 5.32 Å². The third-order valence-corrected chi connectivity index (χ3v) is 5.23. The lowest BCUT2D eigenvalue weighted by Gasteiger charge is -2.27. The van der Waals surface area contributed by atoms with Gasteiger partial charge in [-0.05, 0) is 17.7 Å². The molecule has 2 aromatic heterocycles. The molecule has 8 nitrogen and oxygen atoms in total. The average molecular weight is 431 g/mol. The van der Waals surface area contributed by atoms with Crippen LogP contribution in [0.15, 0.2) is 61.1 Å². The van der Waals surface area contributed by atoms with Gasteiger partial charge in [0, 0.05) is 50.2 Å². The smallest absolute Gasteiger partial charge is 0.257 e. The molecule has 3 heterocycles. The molecule has 0 aliphatic carbocycles. The summed E-state index contributed by atoms with van der Waals surface area (Å²) in [5, 5.41) is 2.92. The summed E-state index contributed by atoms with van der Waals surface area (Å²) >= 11 is 0. The number of pyridine rings is 1. The third kappa shape index (κ3) is 5.53. The van der Waals surface area contributed by atoms with E-state index < -0.39 is 0 Å². The minimum absolute atomic E-state index is 0.0883. The van der Waals surface area contributed by atoms with Crippen LogP contribution in [0.5, 0.6) is 0 Å². The topological polar surface area (TPSA) is 97.3 Å². The Bertz CT molecular complexity index is 1050. The van der Waals surface area contributed by atoms with Crippen molar-refractivity contribution in [1.29, 1.82) is 0 Å². The van der Waals surface area contributed by atoms with Gasteiger partial charge in [-0.1, -0.05) is 30.3 Å². The van der Waals surface area contributed by atoms with Crippen molar-refractivity contribution < 1.29 is 14.3 Å². The van der Waals surface area contributed by atoms with Gasteiger partial charge in [0.1, 0.15) is 0 Å². The summed E-state index contributed by atoms with van der Waals surface area (Å²) in [6, 6.07) is 13.3. The van der Waals surface area contributed by atoms with E-state index in [1.165, 1.54) is 0 Å². The normalized spacial score (nSPS) is 13.6. The Balaban J connectivity index is 1.49. The van der Waals surface area contributed by atoms with Gasteiger partial charge >= 0.3 is 0 Å². The number of amides is 2. The minimum Gasteiger partial charge on any atom is -0.378 e. The molecule has 3 aromatic rings. The van der Waals surface area contributed by atoms with Crippen LogP contribution in [0.2, 0.25) is 0 Å². The van der Waals surface area contributed by atoms with E-state index in [0.717, 1.165) is 11.1 Å². The van der Waals surface area contributed by atoms with Crippen LogP contribution >= 0.6 is 0 Å². The molecular weight excluding hydrogens is 406 g/mol. The van der Waals surface area contributed by atoms with Crippen molar-refractivity contribution in [2.24, 2.45) is 0 Å². The van der Waals surface area contributed by atoms with E-state index in [4.69, 9.17) is 9.72 Å². The molecule has 4 rings (SSSR count). The summed E-state index contributed by atoms with van der Waals surface area (Å²) in [5.74, 6) is 0.364. The summed E-state index contributed by atoms with van der Waals surface area (Å²) in [5.41, 5.74) is 2.87. The van der Waals surface area contributed by atoms with E-state index in [0.29, 0.717) is 56.4 Å². The molecule has 0 saturated carbocycles. The molecule has 1 N–H and O–H groups in total. The number of rotatable bonds is 7. The zero-order chi connectivity index (χ0) is 22.2. The Morgan fingerprint density at radius 3 is 2.53 bits per heavy atom. The Hall–Kier alpha value is -3.65. The Labute approximate surface area is 186 Å². The molecule has 0 unspecified atom stereocenters. The molecule has 0 bridgehead atoms. The quantitative estimate of drug-likeness (QED) is 0.614. The molecule has 8 heteroatoms. The summed E-state index contributed by atoms with van der Waals surface area (Å²) in [7, 11) is 0. The molecular formula is C24H25N5O3. The maximum absolute atomic E-state index is 13.1. The van der Waals surface area contributed by atoms with Crippen LogP contribution in [-0.4, -0.2) is 64.5 Å². The molecule has 1 fully saturated rings. The zero-order valence-corrected chi connectivity index (χ0v) is 17.7. The number of carbonyl (C=O) groups is 2. The maximum atomic E-state index is 13.1. The van der Waals surface area contributed by atoms with Gasteiger partial charge in [0.15, 0.2) is 5.82 Å². The highest BCUT2D eigenvalue weighted by molar-refractivity contribution is 5.95. The number of carbonyl (C=O) groups excluding carboxylic acids is 2. The maximum Gasteiger partial charge on any atom is 0.257 e. The first-order chi connectivity index (χ1) is 15.7. The first-order valence-electron chi connectivity index (χ1n) is 10.6. The van der Waals surface area contributed by atoms with Gasteiger partial charge in [-0.15, -0.1) is 0 Å². The highest BCUT2D eigenvalue weighted by Gasteiger charge is 2.23. The number of nitrogens with one attached hydrogen (secondary N) is 1. The van der Waals surface area contributed by atoms with Crippen molar-refractivity contribution in [3.63, 3.8) is 0 Å². The first-order valence-corrected chi connectivity index (χ1v) is 10.6. The minimum atomic E-state index is -0.106. The standard InChI is InChI=1S/C24H25N5O3/c30-22(16-18-6-9-25-10-7-18)26-11-8-21-20(24(31)29-12-14-32-15-13-29)17-27-23(28-21)19-4-2-1-3-5-19/h1-7,9-10,17H,8,11-16H2,(H,26,30). The molecule has 32 heavy (non-hydrogen) atoms. The van der Waals surface area contributed by atoms with E-state index in [1.807, 2.05) is 42.5 Å². The highest BCUT2D eigenvalue weighted by Crippen LogP contribution is 2.18. The predicted molar refractivity (Wildman–Crippen MR) is 119 cm³/mol. The van der Waals surface area contributed by atoms with Crippen LogP contribution in [0.1, 0.15) is 21.6 Å². The van der Waals surface area contributed by atoms with Crippen LogP contribution in [0.25, 0.3) is 11.4 Å². The van der Waals surface area contributed by atoms with Gasteiger partial charge in [-0.3, -0.25) is 14.6 Å². The first kappa shape index (κ1) is 21.6. The molecule has 1 aromatic carbocycles. The average Bonchev–Trinajstić information content (AvgIpc) is 2.85. The van der Waals surface area contributed by atoms with Crippen molar-refractivity contribution in [2.75, 3.05) is 32.8 Å². The number of benzene rings is 1. The molecule has 1 aliphatic rings. The second-order valence-electron chi connectivity index (χ2n) is 7.46. The molecule has 0 spiro atoms. The Morgan fingerprint density at radius 2 is 1.78 bits per heavy atom. The summed E-state index contributed by atoms with van der Waals surface area (Å²) in [6.45, 7) is 2.51. The van der Waals surface area contributed by atoms with Gasteiger partial charge in [0.05, 0.1) is 30.9 Å². The largest absolute Gasteiger partial charge is 0.378 e. The third-order valence-electron chi connectivity index (χ3n) is 5.23. The molecule has 1 saturated heterocycles. The molecule has 164 valence electrons. The van der Waals surface area contributed by atoms with E-state index >= 15 is 0 Å². The van der Waals surface area contributed by atoms with Crippen molar-refractivity contribution in [1.82, 2.24) is 25.2 Å². The van der Waals surface area contributed by atoms with Gasteiger partial charge in [-0.2, -0.15) is 0 Å². The number of nitrogens with zero attached hydrogens (tertiary/aromatic N) is 4. The Kier molecular flexibility index (Phi) is 7.14. The van der Waals surface area contributed by atoms with Crippen LogP contribution in [0.3, 0.4) is 0 Å². The second-order valence-corrected chi connectivity index (χ2v) is 7.46. The monoisotopic (exact) mass is 431 g/mol. The molecule has 1 aliphatic heterocycles. The van der Waals surface area contributed by atoms with E-state index in [9.17, 15) is 9.59 Å². The lowest BCUT2D eigenvalue weighted by Crippen LogP contribution is -2.41. The van der Waals surface area contributed by atoms with Crippen LogP contribution in [0, 0.1) is 0 Å². The number of ether oxygens (including phenoxy) is 1. The van der Waals surface area contributed by atoms with Gasteiger partial charge in [0.2, 0.25) is 5.91 Å². The second kappa shape index (κ2) is 10.6. The number of aromatic nitrogens is 3. The molecule has 0 atom stereocenters. The van der Waals surface area contributed by atoms with Crippen molar-refractivity contribution in [3.05, 3.63) is 77.9 Å². The van der Waals surface area contributed by atoms with Gasteiger partial charge < -0.3 is 15.0 Å². The molecule has 2 amide bonds. The summed E-state index contributed by atoms with van der Waals surface area (Å²) in [6.07, 6.45) is 5.63. The number of hydrogen-bond acceptors (Lipinski definition) is 6. The van der Waals surface area contributed by atoms with Crippen molar-refractivity contribution in [2.45, 2.75) is 12.8 Å². The van der Waals surface area contributed by atoms with E-state index in [-0.39, 0.29) is 18.2 Å². The lowest BCUT2D eigenvalue weighted by atomic mass is 10.1. The number of hydrogen-bond donors (Lipinski definition) is 1. The van der Waals surface area contributed by atoms with Crippen molar-refractivity contribution in [3.8, 4) is 11.4 Å².